The summed E-state index contributed by atoms with van der Waals surface area (Å²) in [4.78, 5) is 13.0. The second-order valence-corrected chi connectivity index (χ2v) is 7.57. The smallest absolute Gasteiger partial charge is 0.199 e. The minimum Gasteiger partial charge on any atom is -0.465 e. The lowest BCUT2D eigenvalue weighted by molar-refractivity contribution is -0.106. The van der Waals surface area contributed by atoms with Crippen LogP contribution in [0.3, 0.4) is 0 Å². The lowest BCUT2D eigenvalue weighted by atomic mass is 10.1. The van der Waals surface area contributed by atoms with Gasteiger partial charge in [0.2, 0.25) is 0 Å². The van der Waals surface area contributed by atoms with Crippen LogP contribution in [0.1, 0.15) is 54.4 Å². The number of benzene rings is 2. The van der Waals surface area contributed by atoms with Gasteiger partial charge in [-0.05, 0) is 73.2 Å². The third-order valence-electron chi connectivity index (χ3n) is 5.57. The van der Waals surface area contributed by atoms with Crippen LogP contribution in [0, 0.1) is 0 Å². The second-order valence-electron chi connectivity index (χ2n) is 7.57. The zero-order valence-electron chi connectivity index (χ0n) is 15.8. The quantitative estimate of drug-likeness (QED) is 0.656. The van der Waals surface area contributed by atoms with Crippen molar-refractivity contribution < 1.29 is 23.7 Å². The zero-order chi connectivity index (χ0) is 18.9. The molecule has 2 aromatic rings. The molecule has 0 bridgehead atoms. The maximum atomic E-state index is 13.0. The zero-order valence-corrected chi connectivity index (χ0v) is 15.8. The van der Waals surface area contributed by atoms with E-state index >= 15 is 0 Å². The van der Waals surface area contributed by atoms with E-state index in [-0.39, 0.29) is 18.4 Å². The van der Waals surface area contributed by atoms with E-state index in [0.717, 1.165) is 62.9 Å². The van der Waals surface area contributed by atoms with Crippen molar-refractivity contribution in [2.75, 3.05) is 13.2 Å². The third kappa shape index (κ3) is 3.40. The van der Waals surface area contributed by atoms with Gasteiger partial charge in [0.25, 0.3) is 0 Å². The summed E-state index contributed by atoms with van der Waals surface area (Å²) in [7, 11) is 0. The maximum absolute atomic E-state index is 13.0. The summed E-state index contributed by atoms with van der Waals surface area (Å²) in [6, 6.07) is 11.4. The van der Waals surface area contributed by atoms with Crippen LogP contribution in [0.5, 0.6) is 11.5 Å². The van der Waals surface area contributed by atoms with Gasteiger partial charge in [-0.15, -0.1) is 0 Å². The van der Waals surface area contributed by atoms with Crippen molar-refractivity contribution in [3.05, 3.63) is 47.5 Å². The molecule has 3 aliphatic rings. The van der Waals surface area contributed by atoms with Gasteiger partial charge >= 0.3 is 0 Å². The molecule has 0 saturated carbocycles. The number of rotatable bonds is 4. The molecule has 0 spiro atoms. The molecule has 5 rings (SSSR count). The highest BCUT2D eigenvalue weighted by molar-refractivity contribution is 6.22. The fourth-order valence-electron chi connectivity index (χ4n) is 4.10. The lowest BCUT2D eigenvalue weighted by Crippen LogP contribution is -2.25. The van der Waals surface area contributed by atoms with Crippen molar-refractivity contribution in [3.8, 4) is 22.6 Å². The molecular weight excluding hydrogens is 356 g/mol. The number of hydrogen-bond donors (Lipinski definition) is 0. The first-order valence-electron chi connectivity index (χ1n) is 10.2. The van der Waals surface area contributed by atoms with E-state index in [1.54, 1.807) is 0 Å². The summed E-state index contributed by atoms with van der Waals surface area (Å²) in [6.45, 7) is 1.46. The highest BCUT2D eigenvalue weighted by Crippen LogP contribution is 2.40. The standard InChI is InChI=1S/C23H24O5/c24-23-19-13-15(27-21-5-1-3-11-25-21)7-9-17(19)18-10-8-16(14-20(18)23)28-22-6-2-4-12-26-22/h7-10,13-14,21-22H,1-6,11-12H2. The first-order chi connectivity index (χ1) is 13.8. The Hall–Kier alpha value is -2.37. The van der Waals surface area contributed by atoms with E-state index in [4.69, 9.17) is 18.9 Å². The van der Waals surface area contributed by atoms with E-state index in [9.17, 15) is 4.79 Å². The van der Waals surface area contributed by atoms with Gasteiger partial charge in [0.1, 0.15) is 11.5 Å². The summed E-state index contributed by atoms with van der Waals surface area (Å²) < 4.78 is 23.2. The fraction of sp³-hybridized carbons (Fsp3) is 0.435. The molecule has 5 nitrogen and oxygen atoms in total. The van der Waals surface area contributed by atoms with E-state index in [2.05, 4.69) is 0 Å². The molecular formula is C23H24O5. The maximum Gasteiger partial charge on any atom is 0.199 e. The van der Waals surface area contributed by atoms with Gasteiger partial charge in [-0.1, -0.05) is 0 Å². The molecule has 2 unspecified atom stereocenters. The molecule has 0 N–H and O–H groups in total. The predicted octanol–water partition coefficient (Wildman–Crippen LogP) is 4.71. The van der Waals surface area contributed by atoms with Crippen LogP contribution < -0.4 is 9.47 Å². The van der Waals surface area contributed by atoms with Gasteiger partial charge in [0.05, 0.1) is 13.2 Å². The predicted molar refractivity (Wildman–Crippen MR) is 104 cm³/mol. The van der Waals surface area contributed by atoms with E-state index in [0.29, 0.717) is 22.6 Å². The van der Waals surface area contributed by atoms with Crippen LogP contribution in [0.15, 0.2) is 36.4 Å². The van der Waals surface area contributed by atoms with Crippen LogP contribution in [-0.4, -0.2) is 31.6 Å². The molecule has 5 heteroatoms. The molecule has 2 atom stereocenters. The Morgan fingerprint density at radius 1 is 0.679 bits per heavy atom. The van der Waals surface area contributed by atoms with Crippen molar-refractivity contribution in [3.63, 3.8) is 0 Å². The number of ether oxygens (including phenoxy) is 4. The summed E-state index contributed by atoms with van der Waals surface area (Å²) in [5, 5.41) is 0. The largest absolute Gasteiger partial charge is 0.465 e. The SMILES string of the molecule is O=C1c2cc(OC3CCCCO3)ccc2-c2ccc(OC3CCCCO3)cc21. The molecule has 2 aliphatic heterocycles. The average Bonchev–Trinajstić information content (AvgIpc) is 3.01. The molecule has 0 amide bonds. The first kappa shape index (κ1) is 17.7. The molecule has 2 heterocycles. The van der Waals surface area contributed by atoms with E-state index < -0.39 is 0 Å². The van der Waals surface area contributed by atoms with Gasteiger partial charge in [0.15, 0.2) is 18.4 Å². The minimum absolute atomic E-state index is 0.00928. The van der Waals surface area contributed by atoms with Crippen LogP contribution >= 0.6 is 0 Å². The average molecular weight is 380 g/mol. The third-order valence-corrected chi connectivity index (χ3v) is 5.57. The summed E-state index contributed by atoms with van der Waals surface area (Å²) in [5.41, 5.74) is 3.23. The molecule has 0 aromatic heterocycles. The lowest BCUT2D eigenvalue weighted by Gasteiger charge is -2.23. The highest BCUT2D eigenvalue weighted by Gasteiger charge is 2.28. The van der Waals surface area contributed by atoms with Gasteiger partial charge in [-0.2, -0.15) is 0 Å². The number of fused-ring (bicyclic) bond motifs is 3. The normalized spacial score (nSPS) is 23.8. The van der Waals surface area contributed by atoms with Crippen LogP contribution in [0.25, 0.3) is 11.1 Å². The Balaban J connectivity index is 1.36. The van der Waals surface area contributed by atoms with Crippen LogP contribution in [0.2, 0.25) is 0 Å². The van der Waals surface area contributed by atoms with Crippen molar-refractivity contribution in [2.24, 2.45) is 0 Å². The Labute approximate surface area is 164 Å². The molecule has 146 valence electrons. The Morgan fingerprint density at radius 3 is 1.61 bits per heavy atom. The number of hydrogen-bond acceptors (Lipinski definition) is 5. The number of carbonyl (C=O) groups is 1. The molecule has 2 fully saturated rings. The van der Waals surface area contributed by atoms with Crippen molar-refractivity contribution >= 4 is 5.78 Å². The summed E-state index contributed by atoms with van der Waals surface area (Å²) in [5.74, 6) is 1.37. The first-order valence-corrected chi connectivity index (χ1v) is 10.2. The van der Waals surface area contributed by atoms with Crippen molar-refractivity contribution in [2.45, 2.75) is 51.1 Å². The van der Waals surface area contributed by atoms with Crippen molar-refractivity contribution in [1.29, 1.82) is 0 Å². The Kier molecular flexibility index (Phi) is 4.79. The number of ketones is 1. The van der Waals surface area contributed by atoms with Crippen molar-refractivity contribution in [1.82, 2.24) is 0 Å². The molecule has 1 aliphatic carbocycles. The van der Waals surface area contributed by atoms with Crippen LogP contribution in [-0.2, 0) is 9.47 Å². The molecule has 2 saturated heterocycles. The number of carbonyl (C=O) groups excluding carboxylic acids is 1. The molecule has 0 radical (unpaired) electrons. The van der Waals surface area contributed by atoms with Gasteiger partial charge in [0, 0.05) is 24.0 Å². The second kappa shape index (κ2) is 7.57. The van der Waals surface area contributed by atoms with E-state index in [1.807, 2.05) is 36.4 Å². The van der Waals surface area contributed by atoms with Gasteiger partial charge in [-0.3, -0.25) is 4.79 Å². The highest BCUT2D eigenvalue weighted by atomic mass is 16.7. The fourth-order valence-corrected chi connectivity index (χ4v) is 4.10. The minimum atomic E-state index is -0.221. The Bertz CT molecular complexity index is 807. The van der Waals surface area contributed by atoms with Gasteiger partial charge in [-0.25, -0.2) is 0 Å². The van der Waals surface area contributed by atoms with Gasteiger partial charge < -0.3 is 18.9 Å². The topological polar surface area (TPSA) is 54.0 Å². The van der Waals surface area contributed by atoms with E-state index in [1.165, 1.54) is 0 Å². The monoisotopic (exact) mass is 380 g/mol. The summed E-state index contributed by atoms with van der Waals surface area (Å²) >= 11 is 0. The summed E-state index contributed by atoms with van der Waals surface area (Å²) in [6.07, 6.45) is 5.69. The van der Waals surface area contributed by atoms with Crippen LogP contribution in [0.4, 0.5) is 0 Å². The molecule has 28 heavy (non-hydrogen) atoms. The molecule has 2 aromatic carbocycles. The Morgan fingerprint density at radius 2 is 1.18 bits per heavy atom.